The number of nitrogens with two attached hydrogens (primary N) is 1. The molecule has 1 aliphatic rings. The van der Waals surface area contributed by atoms with Gasteiger partial charge in [0.25, 0.3) is 0 Å². The second kappa shape index (κ2) is 4.99. The van der Waals surface area contributed by atoms with E-state index in [0.717, 1.165) is 35.6 Å². The van der Waals surface area contributed by atoms with Gasteiger partial charge in [-0.3, -0.25) is 10.8 Å². The maximum Gasteiger partial charge on any atom is 0.122 e. The Hall–Kier alpha value is -1.91. The molecule has 4 nitrogen and oxygen atoms in total. The molecule has 0 bridgehead atoms. The molecule has 1 aromatic carbocycles. The fourth-order valence-corrected chi connectivity index (χ4v) is 2.42. The van der Waals surface area contributed by atoms with Crippen LogP contribution in [0, 0.1) is 6.92 Å². The van der Waals surface area contributed by atoms with Crippen LogP contribution in [-0.4, -0.2) is 11.6 Å². The number of hydrazine groups is 1. The van der Waals surface area contributed by atoms with E-state index in [-0.39, 0.29) is 6.04 Å². The Morgan fingerprint density at radius 3 is 2.84 bits per heavy atom. The Balaban J connectivity index is 1.96. The zero-order valence-corrected chi connectivity index (χ0v) is 10.9. The summed E-state index contributed by atoms with van der Waals surface area (Å²) in [6.45, 7) is 2.74. The van der Waals surface area contributed by atoms with Gasteiger partial charge in [0.05, 0.1) is 12.6 Å². The number of aryl methyl sites for hydroxylation is 1. The molecule has 0 aliphatic carbocycles. The highest BCUT2D eigenvalue weighted by Gasteiger charge is 2.17. The number of hydrogen-bond acceptors (Lipinski definition) is 4. The van der Waals surface area contributed by atoms with Crippen LogP contribution in [0.1, 0.15) is 28.4 Å². The van der Waals surface area contributed by atoms with Gasteiger partial charge in [0, 0.05) is 18.3 Å². The topological polar surface area (TPSA) is 60.2 Å². The summed E-state index contributed by atoms with van der Waals surface area (Å²) in [6.07, 6.45) is 2.83. The first-order chi connectivity index (χ1) is 9.28. The standard InChI is InChI=1S/C15H17N3O/c1-10-2-3-13(9-17-10)15(18-16)12-4-5-14-11(8-12)6-7-19-14/h2-5,8-9,15,18H,6-7,16H2,1H3. The molecule has 0 saturated heterocycles. The minimum Gasteiger partial charge on any atom is -0.493 e. The molecule has 1 unspecified atom stereocenters. The number of nitrogens with one attached hydrogen (secondary N) is 1. The summed E-state index contributed by atoms with van der Waals surface area (Å²) < 4.78 is 5.52. The lowest BCUT2D eigenvalue weighted by Gasteiger charge is -2.17. The molecule has 1 aromatic heterocycles. The predicted molar refractivity (Wildman–Crippen MR) is 73.8 cm³/mol. The van der Waals surface area contributed by atoms with Crippen molar-refractivity contribution in [3.8, 4) is 5.75 Å². The first-order valence-corrected chi connectivity index (χ1v) is 6.42. The van der Waals surface area contributed by atoms with E-state index < -0.39 is 0 Å². The Morgan fingerprint density at radius 2 is 2.11 bits per heavy atom. The first-order valence-electron chi connectivity index (χ1n) is 6.42. The fraction of sp³-hybridized carbons (Fsp3) is 0.267. The van der Waals surface area contributed by atoms with Crippen LogP contribution < -0.4 is 16.0 Å². The Labute approximate surface area is 112 Å². The number of rotatable bonds is 3. The molecule has 3 N–H and O–H groups in total. The van der Waals surface area contributed by atoms with Crippen molar-refractivity contribution in [1.82, 2.24) is 10.4 Å². The Morgan fingerprint density at radius 1 is 1.26 bits per heavy atom. The number of ether oxygens (including phenoxy) is 1. The largest absolute Gasteiger partial charge is 0.493 e. The third-order valence-electron chi connectivity index (χ3n) is 3.48. The number of aromatic nitrogens is 1. The van der Waals surface area contributed by atoms with Crippen LogP contribution in [0.3, 0.4) is 0 Å². The molecule has 2 aromatic rings. The van der Waals surface area contributed by atoms with E-state index in [9.17, 15) is 0 Å². The molecule has 0 saturated carbocycles. The number of fused-ring (bicyclic) bond motifs is 1. The molecular weight excluding hydrogens is 238 g/mol. The van der Waals surface area contributed by atoms with Gasteiger partial charge < -0.3 is 4.74 Å². The van der Waals surface area contributed by atoms with Crippen molar-refractivity contribution in [2.75, 3.05) is 6.61 Å². The molecule has 0 fully saturated rings. The normalized spacial score (nSPS) is 14.8. The van der Waals surface area contributed by atoms with Gasteiger partial charge >= 0.3 is 0 Å². The zero-order valence-electron chi connectivity index (χ0n) is 10.9. The van der Waals surface area contributed by atoms with E-state index in [0.29, 0.717) is 0 Å². The van der Waals surface area contributed by atoms with Gasteiger partial charge in [0.1, 0.15) is 5.75 Å². The van der Waals surface area contributed by atoms with Crippen molar-refractivity contribution in [1.29, 1.82) is 0 Å². The summed E-state index contributed by atoms with van der Waals surface area (Å²) in [6, 6.07) is 10.2. The van der Waals surface area contributed by atoms with Crippen molar-refractivity contribution in [2.45, 2.75) is 19.4 Å². The highest BCUT2D eigenvalue weighted by molar-refractivity contribution is 5.43. The minimum atomic E-state index is -0.0426. The van der Waals surface area contributed by atoms with Gasteiger partial charge in [0.15, 0.2) is 0 Å². The van der Waals surface area contributed by atoms with Gasteiger partial charge in [-0.2, -0.15) is 0 Å². The summed E-state index contributed by atoms with van der Waals surface area (Å²) in [5.74, 6) is 6.70. The van der Waals surface area contributed by atoms with Gasteiger partial charge in [-0.25, -0.2) is 5.43 Å². The van der Waals surface area contributed by atoms with Crippen molar-refractivity contribution in [3.63, 3.8) is 0 Å². The van der Waals surface area contributed by atoms with Gasteiger partial charge in [0.2, 0.25) is 0 Å². The van der Waals surface area contributed by atoms with E-state index in [1.54, 1.807) is 0 Å². The molecule has 4 heteroatoms. The fourth-order valence-electron chi connectivity index (χ4n) is 2.42. The lowest BCUT2D eigenvalue weighted by atomic mass is 9.98. The lowest BCUT2D eigenvalue weighted by molar-refractivity contribution is 0.357. The van der Waals surface area contributed by atoms with Crippen LogP contribution in [0.5, 0.6) is 5.75 Å². The number of pyridine rings is 1. The van der Waals surface area contributed by atoms with Crippen LogP contribution in [-0.2, 0) is 6.42 Å². The highest BCUT2D eigenvalue weighted by Crippen LogP contribution is 2.30. The van der Waals surface area contributed by atoms with Gasteiger partial charge in [-0.05, 0) is 35.7 Å². The van der Waals surface area contributed by atoms with Crippen LogP contribution in [0.4, 0.5) is 0 Å². The minimum absolute atomic E-state index is 0.0426. The molecule has 0 amide bonds. The molecular formula is C15H17N3O. The van der Waals surface area contributed by atoms with E-state index >= 15 is 0 Å². The molecule has 98 valence electrons. The summed E-state index contributed by atoms with van der Waals surface area (Å²) in [5, 5.41) is 0. The Kier molecular flexibility index (Phi) is 3.19. The maximum atomic E-state index is 5.71. The second-order valence-corrected chi connectivity index (χ2v) is 4.80. The highest BCUT2D eigenvalue weighted by atomic mass is 16.5. The van der Waals surface area contributed by atoms with E-state index in [4.69, 9.17) is 10.6 Å². The van der Waals surface area contributed by atoms with E-state index in [1.165, 1.54) is 5.56 Å². The molecule has 19 heavy (non-hydrogen) atoms. The van der Waals surface area contributed by atoms with Gasteiger partial charge in [-0.1, -0.05) is 18.2 Å². The van der Waals surface area contributed by atoms with Crippen molar-refractivity contribution < 1.29 is 4.74 Å². The smallest absolute Gasteiger partial charge is 0.122 e. The van der Waals surface area contributed by atoms with Gasteiger partial charge in [-0.15, -0.1) is 0 Å². The van der Waals surface area contributed by atoms with Crippen LogP contribution >= 0.6 is 0 Å². The van der Waals surface area contributed by atoms with Crippen LogP contribution in [0.2, 0.25) is 0 Å². The molecule has 1 atom stereocenters. The summed E-state index contributed by atoms with van der Waals surface area (Å²) >= 11 is 0. The maximum absolute atomic E-state index is 5.71. The number of nitrogens with zero attached hydrogens (tertiary/aromatic N) is 1. The van der Waals surface area contributed by atoms with Crippen molar-refractivity contribution in [2.24, 2.45) is 5.84 Å². The second-order valence-electron chi connectivity index (χ2n) is 4.80. The average molecular weight is 255 g/mol. The van der Waals surface area contributed by atoms with E-state index in [2.05, 4.69) is 28.6 Å². The number of hydrogen-bond donors (Lipinski definition) is 2. The quantitative estimate of drug-likeness (QED) is 0.649. The zero-order chi connectivity index (χ0) is 13.2. The monoisotopic (exact) mass is 255 g/mol. The molecule has 0 spiro atoms. The first kappa shape index (κ1) is 12.1. The lowest BCUT2D eigenvalue weighted by Crippen LogP contribution is -2.29. The molecule has 1 aliphatic heterocycles. The Bertz CT molecular complexity index is 580. The summed E-state index contributed by atoms with van der Waals surface area (Å²) in [4.78, 5) is 4.33. The number of benzene rings is 1. The molecule has 2 heterocycles. The third-order valence-corrected chi connectivity index (χ3v) is 3.48. The molecule has 0 radical (unpaired) electrons. The van der Waals surface area contributed by atoms with Crippen LogP contribution in [0.15, 0.2) is 36.5 Å². The van der Waals surface area contributed by atoms with Crippen LogP contribution in [0.25, 0.3) is 0 Å². The summed E-state index contributed by atoms with van der Waals surface area (Å²) in [7, 11) is 0. The molecule has 3 rings (SSSR count). The predicted octanol–water partition coefficient (Wildman–Crippen LogP) is 1.88. The SMILES string of the molecule is Cc1ccc(C(NN)c2ccc3c(c2)CCO3)cn1. The third kappa shape index (κ3) is 2.32. The van der Waals surface area contributed by atoms with E-state index in [1.807, 2.05) is 25.3 Å². The van der Waals surface area contributed by atoms with Crippen molar-refractivity contribution >= 4 is 0 Å². The summed E-state index contributed by atoms with van der Waals surface area (Å²) in [5.41, 5.74) is 7.31. The average Bonchev–Trinajstić information content (AvgIpc) is 2.89. The van der Waals surface area contributed by atoms with Crippen molar-refractivity contribution in [3.05, 3.63) is 58.9 Å².